The van der Waals surface area contributed by atoms with Crippen molar-refractivity contribution >= 4 is 11.7 Å². The SMILES string of the molecule is COCC(=O)NCCNc1ccc(-n2cccc2)nn1. The second kappa shape index (κ2) is 7.25. The molecule has 20 heavy (non-hydrogen) atoms. The highest BCUT2D eigenvalue weighted by Gasteiger charge is 2.00. The maximum Gasteiger partial charge on any atom is 0.246 e. The Kier molecular flexibility index (Phi) is 5.08. The Balaban J connectivity index is 1.75. The van der Waals surface area contributed by atoms with Crippen molar-refractivity contribution in [3.05, 3.63) is 36.7 Å². The molecule has 0 radical (unpaired) electrons. The molecular formula is C13H17N5O2. The van der Waals surface area contributed by atoms with E-state index in [0.717, 1.165) is 5.82 Å². The third kappa shape index (κ3) is 4.06. The minimum atomic E-state index is -0.136. The number of carbonyl (C=O) groups excluding carboxylic acids is 1. The highest BCUT2D eigenvalue weighted by atomic mass is 16.5. The topological polar surface area (TPSA) is 81.1 Å². The molecule has 7 heteroatoms. The number of hydrogen-bond acceptors (Lipinski definition) is 5. The van der Waals surface area contributed by atoms with E-state index < -0.39 is 0 Å². The molecule has 1 amide bonds. The van der Waals surface area contributed by atoms with Gasteiger partial charge in [0.1, 0.15) is 12.4 Å². The number of hydrogen-bond donors (Lipinski definition) is 2. The van der Waals surface area contributed by atoms with Crippen molar-refractivity contribution in [2.24, 2.45) is 0 Å². The van der Waals surface area contributed by atoms with Gasteiger partial charge in [0.05, 0.1) is 0 Å². The molecule has 7 nitrogen and oxygen atoms in total. The number of methoxy groups -OCH3 is 1. The van der Waals surface area contributed by atoms with Crippen molar-refractivity contribution in [1.82, 2.24) is 20.1 Å². The van der Waals surface area contributed by atoms with Gasteiger partial charge in [-0.15, -0.1) is 10.2 Å². The average molecular weight is 275 g/mol. The summed E-state index contributed by atoms with van der Waals surface area (Å²) >= 11 is 0. The first-order valence-corrected chi connectivity index (χ1v) is 6.26. The van der Waals surface area contributed by atoms with Crippen LogP contribution in [0.5, 0.6) is 0 Å². The van der Waals surface area contributed by atoms with E-state index in [1.54, 1.807) is 0 Å². The largest absolute Gasteiger partial charge is 0.375 e. The first-order chi connectivity index (χ1) is 9.79. The molecule has 0 saturated heterocycles. The van der Waals surface area contributed by atoms with Gasteiger partial charge in [-0.1, -0.05) is 0 Å². The molecule has 2 rings (SSSR count). The monoisotopic (exact) mass is 275 g/mol. The van der Waals surface area contributed by atoms with Crippen LogP contribution in [0.15, 0.2) is 36.7 Å². The van der Waals surface area contributed by atoms with Gasteiger partial charge in [0, 0.05) is 32.6 Å². The Morgan fingerprint density at radius 1 is 1.25 bits per heavy atom. The van der Waals surface area contributed by atoms with Crippen molar-refractivity contribution in [3.8, 4) is 5.82 Å². The Morgan fingerprint density at radius 3 is 2.70 bits per heavy atom. The van der Waals surface area contributed by atoms with Crippen LogP contribution in [0.25, 0.3) is 5.82 Å². The molecule has 2 aromatic rings. The Bertz CT molecular complexity index is 524. The van der Waals surface area contributed by atoms with E-state index in [9.17, 15) is 4.79 Å². The van der Waals surface area contributed by atoms with Crippen LogP contribution in [-0.4, -0.2) is 47.5 Å². The van der Waals surface area contributed by atoms with Gasteiger partial charge in [0.25, 0.3) is 0 Å². The average Bonchev–Trinajstić information content (AvgIpc) is 2.99. The number of amides is 1. The summed E-state index contributed by atoms with van der Waals surface area (Å²) in [5.74, 6) is 1.29. The standard InChI is InChI=1S/C13H17N5O2/c1-20-10-13(19)15-7-6-14-11-4-5-12(17-16-11)18-8-2-3-9-18/h2-5,8-9H,6-7,10H2,1H3,(H,14,16)(H,15,19). The predicted octanol–water partition coefficient (Wildman–Crippen LogP) is 0.442. The zero-order valence-corrected chi connectivity index (χ0v) is 11.2. The van der Waals surface area contributed by atoms with E-state index >= 15 is 0 Å². The molecular weight excluding hydrogens is 258 g/mol. The third-order valence-electron chi connectivity index (χ3n) is 2.55. The molecule has 0 aliphatic heterocycles. The summed E-state index contributed by atoms with van der Waals surface area (Å²) in [6, 6.07) is 7.57. The molecule has 0 aliphatic rings. The molecule has 0 fully saturated rings. The van der Waals surface area contributed by atoms with Gasteiger partial charge in [-0.25, -0.2) is 0 Å². The lowest BCUT2D eigenvalue weighted by atomic mass is 10.4. The summed E-state index contributed by atoms with van der Waals surface area (Å²) in [5.41, 5.74) is 0. The minimum Gasteiger partial charge on any atom is -0.375 e. The second-order valence-electron chi connectivity index (χ2n) is 4.08. The maximum atomic E-state index is 11.1. The van der Waals surface area contributed by atoms with E-state index in [2.05, 4.69) is 20.8 Å². The summed E-state index contributed by atoms with van der Waals surface area (Å²) in [6.07, 6.45) is 3.81. The zero-order chi connectivity index (χ0) is 14.2. The minimum absolute atomic E-state index is 0.0748. The number of carbonyl (C=O) groups is 1. The first-order valence-electron chi connectivity index (χ1n) is 6.26. The van der Waals surface area contributed by atoms with Crippen molar-refractivity contribution in [2.75, 3.05) is 32.1 Å². The van der Waals surface area contributed by atoms with Gasteiger partial charge in [-0.05, 0) is 24.3 Å². The van der Waals surface area contributed by atoms with E-state index in [0.29, 0.717) is 18.9 Å². The molecule has 0 unspecified atom stereocenters. The molecule has 0 bridgehead atoms. The third-order valence-corrected chi connectivity index (χ3v) is 2.55. The molecule has 0 aromatic carbocycles. The van der Waals surface area contributed by atoms with Crippen LogP contribution in [0, 0.1) is 0 Å². The fourth-order valence-electron chi connectivity index (χ4n) is 1.62. The highest BCUT2D eigenvalue weighted by Crippen LogP contribution is 2.06. The second-order valence-corrected chi connectivity index (χ2v) is 4.08. The maximum absolute atomic E-state index is 11.1. The summed E-state index contributed by atoms with van der Waals surface area (Å²) < 4.78 is 6.59. The highest BCUT2D eigenvalue weighted by molar-refractivity contribution is 5.77. The van der Waals surface area contributed by atoms with E-state index in [1.807, 2.05) is 41.2 Å². The molecule has 2 heterocycles. The first kappa shape index (κ1) is 14.0. The Labute approximate surface area is 117 Å². The lowest BCUT2D eigenvalue weighted by Gasteiger charge is -2.07. The van der Waals surface area contributed by atoms with Gasteiger partial charge < -0.3 is 19.9 Å². The van der Waals surface area contributed by atoms with E-state index in [-0.39, 0.29) is 12.5 Å². The van der Waals surface area contributed by atoms with Crippen LogP contribution in [0.2, 0.25) is 0 Å². The van der Waals surface area contributed by atoms with Gasteiger partial charge >= 0.3 is 0 Å². The smallest absolute Gasteiger partial charge is 0.246 e. The van der Waals surface area contributed by atoms with Gasteiger partial charge in [-0.2, -0.15) is 0 Å². The van der Waals surface area contributed by atoms with Crippen molar-refractivity contribution < 1.29 is 9.53 Å². The molecule has 2 N–H and O–H groups in total. The van der Waals surface area contributed by atoms with Crippen LogP contribution >= 0.6 is 0 Å². The Hall–Kier alpha value is -2.41. The summed E-state index contributed by atoms with van der Waals surface area (Å²) in [4.78, 5) is 11.1. The fourth-order valence-corrected chi connectivity index (χ4v) is 1.62. The normalized spacial score (nSPS) is 10.2. The zero-order valence-electron chi connectivity index (χ0n) is 11.2. The van der Waals surface area contributed by atoms with Crippen molar-refractivity contribution in [2.45, 2.75) is 0 Å². The Morgan fingerprint density at radius 2 is 2.05 bits per heavy atom. The molecule has 2 aromatic heterocycles. The summed E-state index contributed by atoms with van der Waals surface area (Å²) in [6.45, 7) is 1.15. The quantitative estimate of drug-likeness (QED) is 0.717. The van der Waals surface area contributed by atoms with E-state index in [1.165, 1.54) is 7.11 Å². The summed E-state index contributed by atoms with van der Waals surface area (Å²) in [5, 5.41) is 14.0. The lowest BCUT2D eigenvalue weighted by Crippen LogP contribution is -2.31. The number of rotatable bonds is 7. The van der Waals surface area contributed by atoms with Crippen LogP contribution in [0.1, 0.15) is 0 Å². The fraction of sp³-hybridized carbons (Fsp3) is 0.308. The van der Waals surface area contributed by atoms with Crippen molar-refractivity contribution in [1.29, 1.82) is 0 Å². The number of anilines is 1. The lowest BCUT2D eigenvalue weighted by molar-refractivity contribution is -0.124. The number of nitrogens with one attached hydrogen (secondary N) is 2. The van der Waals surface area contributed by atoms with E-state index in [4.69, 9.17) is 4.74 Å². The van der Waals surface area contributed by atoms with Gasteiger partial charge in [-0.3, -0.25) is 4.79 Å². The van der Waals surface area contributed by atoms with Crippen LogP contribution < -0.4 is 10.6 Å². The molecule has 0 aliphatic carbocycles. The van der Waals surface area contributed by atoms with Gasteiger partial charge in [0.2, 0.25) is 5.91 Å². The molecule has 106 valence electrons. The van der Waals surface area contributed by atoms with Crippen molar-refractivity contribution in [3.63, 3.8) is 0 Å². The number of nitrogens with zero attached hydrogens (tertiary/aromatic N) is 3. The molecule has 0 saturated carbocycles. The molecule has 0 spiro atoms. The van der Waals surface area contributed by atoms with Gasteiger partial charge in [0.15, 0.2) is 5.82 Å². The van der Waals surface area contributed by atoms with Crippen LogP contribution in [0.4, 0.5) is 5.82 Å². The van der Waals surface area contributed by atoms with Crippen LogP contribution in [-0.2, 0) is 9.53 Å². The summed E-state index contributed by atoms with van der Waals surface area (Å²) in [7, 11) is 1.49. The van der Waals surface area contributed by atoms with Crippen LogP contribution in [0.3, 0.4) is 0 Å². The number of aromatic nitrogens is 3. The predicted molar refractivity (Wildman–Crippen MR) is 74.7 cm³/mol. The molecule has 0 atom stereocenters. The number of ether oxygens (including phenoxy) is 1.